The maximum absolute atomic E-state index is 11.3. The van der Waals surface area contributed by atoms with Crippen LogP contribution in [0.1, 0.15) is 32.6 Å². The average Bonchev–Trinajstić information content (AvgIpc) is 2.17. The molecule has 0 aliphatic carbocycles. The van der Waals surface area contributed by atoms with Gasteiger partial charge in [0.1, 0.15) is 0 Å². The van der Waals surface area contributed by atoms with Crippen LogP contribution in [0.2, 0.25) is 0 Å². The van der Waals surface area contributed by atoms with Crippen LogP contribution in [0.4, 0.5) is 0 Å². The molecule has 0 aromatic heterocycles. The molecule has 0 saturated carbocycles. The summed E-state index contributed by atoms with van der Waals surface area (Å²) in [6, 6.07) is -0.0897. The first-order valence-corrected chi connectivity index (χ1v) is 5.19. The van der Waals surface area contributed by atoms with Gasteiger partial charge in [-0.05, 0) is 6.42 Å². The number of rotatable bonds is 7. The smallest absolute Gasteiger partial charge is 0.307 e. The zero-order chi connectivity index (χ0) is 11.7. The van der Waals surface area contributed by atoms with E-state index in [0.29, 0.717) is 13.0 Å². The van der Waals surface area contributed by atoms with E-state index in [1.54, 1.807) is 0 Å². The van der Waals surface area contributed by atoms with Crippen molar-refractivity contribution >= 4 is 11.9 Å². The normalized spacial score (nSPS) is 11.9. The summed E-state index contributed by atoms with van der Waals surface area (Å²) in [5.41, 5.74) is 5.69. The highest BCUT2D eigenvalue weighted by atomic mass is 16.5. The van der Waals surface area contributed by atoms with Crippen molar-refractivity contribution in [2.24, 2.45) is 5.73 Å². The molecule has 0 aliphatic heterocycles. The van der Waals surface area contributed by atoms with Gasteiger partial charge in [0, 0.05) is 19.0 Å². The summed E-state index contributed by atoms with van der Waals surface area (Å²) in [6.07, 6.45) is 2.32. The van der Waals surface area contributed by atoms with E-state index < -0.39 is 0 Å². The highest BCUT2D eigenvalue weighted by Gasteiger charge is 2.08. The molecule has 5 heteroatoms. The lowest BCUT2D eigenvalue weighted by Gasteiger charge is -2.09. The van der Waals surface area contributed by atoms with Crippen LogP contribution in [0, 0.1) is 0 Å². The lowest BCUT2D eigenvalue weighted by molar-refractivity contribution is -0.140. The number of methoxy groups -OCH3 is 1. The van der Waals surface area contributed by atoms with Crippen LogP contribution in [-0.4, -0.2) is 31.6 Å². The van der Waals surface area contributed by atoms with Crippen LogP contribution in [-0.2, 0) is 14.3 Å². The number of carbonyl (C=O) groups excluding carboxylic acids is 2. The molecule has 0 spiro atoms. The van der Waals surface area contributed by atoms with Gasteiger partial charge in [-0.3, -0.25) is 9.59 Å². The molecule has 0 aliphatic rings. The summed E-state index contributed by atoms with van der Waals surface area (Å²) in [6.45, 7) is 2.33. The summed E-state index contributed by atoms with van der Waals surface area (Å²) in [5, 5.41) is 2.62. The fourth-order valence-corrected chi connectivity index (χ4v) is 1.19. The van der Waals surface area contributed by atoms with Gasteiger partial charge in [-0.25, -0.2) is 0 Å². The Kier molecular flexibility index (Phi) is 7.62. The molecular weight excluding hydrogens is 196 g/mol. The summed E-state index contributed by atoms with van der Waals surface area (Å²) >= 11 is 0. The summed E-state index contributed by atoms with van der Waals surface area (Å²) in [4.78, 5) is 22.0. The topological polar surface area (TPSA) is 81.4 Å². The SMILES string of the molecule is CCCC(N)CC(=O)NCCC(=O)OC. The lowest BCUT2D eigenvalue weighted by atomic mass is 10.1. The molecule has 1 atom stereocenters. The van der Waals surface area contributed by atoms with E-state index >= 15 is 0 Å². The minimum atomic E-state index is -0.326. The predicted molar refractivity (Wildman–Crippen MR) is 57.1 cm³/mol. The highest BCUT2D eigenvalue weighted by Crippen LogP contribution is 1.97. The Bertz CT molecular complexity index is 207. The highest BCUT2D eigenvalue weighted by molar-refractivity contribution is 5.77. The zero-order valence-corrected chi connectivity index (χ0v) is 9.41. The predicted octanol–water partition coefficient (Wildman–Crippen LogP) is 0.183. The quantitative estimate of drug-likeness (QED) is 0.595. The molecule has 0 heterocycles. The molecule has 15 heavy (non-hydrogen) atoms. The van der Waals surface area contributed by atoms with Gasteiger partial charge in [-0.2, -0.15) is 0 Å². The van der Waals surface area contributed by atoms with Crippen LogP contribution in [0.3, 0.4) is 0 Å². The number of carbonyl (C=O) groups is 2. The first-order valence-electron chi connectivity index (χ1n) is 5.19. The van der Waals surface area contributed by atoms with Crippen LogP contribution in [0.15, 0.2) is 0 Å². The molecule has 0 saturated heterocycles. The molecule has 0 fully saturated rings. The van der Waals surface area contributed by atoms with Gasteiger partial charge in [0.2, 0.25) is 5.91 Å². The monoisotopic (exact) mass is 216 g/mol. The molecule has 0 aromatic rings. The van der Waals surface area contributed by atoms with E-state index in [2.05, 4.69) is 10.1 Å². The second kappa shape index (κ2) is 8.23. The number of amides is 1. The molecule has 0 rings (SSSR count). The molecule has 0 aromatic carbocycles. The van der Waals surface area contributed by atoms with Gasteiger partial charge in [-0.15, -0.1) is 0 Å². The van der Waals surface area contributed by atoms with Crippen LogP contribution in [0.5, 0.6) is 0 Å². The first kappa shape index (κ1) is 13.9. The van der Waals surface area contributed by atoms with Gasteiger partial charge in [-0.1, -0.05) is 13.3 Å². The molecule has 0 radical (unpaired) electrons. The van der Waals surface area contributed by atoms with Crippen molar-refractivity contribution in [3.05, 3.63) is 0 Å². The van der Waals surface area contributed by atoms with Crippen molar-refractivity contribution in [1.29, 1.82) is 0 Å². The lowest BCUT2D eigenvalue weighted by Crippen LogP contribution is -2.32. The first-order chi connectivity index (χ1) is 7.10. The van der Waals surface area contributed by atoms with Crippen LogP contribution >= 0.6 is 0 Å². The van der Waals surface area contributed by atoms with Crippen molar-refractivity contribution in [2.75, 3.05) is 13.7 Å². The van der Waals surface area contributed by atoms with Gasteiger partial charge >= 0.3 is 5.97 Å². The number of esters is 1. The maximum Gasteiger partial charge on any atom is 0.307 e. The van der Waals surface area contributed by atoms with E-state index in [1.807, 2.05) is 6.92 Å². The second-order valence-electron chi connectivity index (χ2n) is 3.43. The average molecular weight is 216 g/mol. The van der Waals surface area contributed by atoms with Crippen molar-refractivity contribution < 1.29 is 14.3 Å². The third kappa shape index (κ3) is 7.93. The number of hydrogen-bond acceptors (Lipinski definition) is 4. The zero-order valence-electron chi connectivity index (χ0n) is 9.41. The van der Waals surface area contributed by atoms with E-state index in [4.69, 9.17) is 5.73 Å². The van der Waals surface area contributed by atoms with Crippen LogP contribution in [0.25, 0.3) is 0 Å². The van der Waals surface area contributed by atoms with Crippen LogP contribution < -0.4 is 11.1 Å². The van der Waals surface area contributed by atoms with Gasteiger partial charge in [0.05, 0.1) is 13.5 Å². The maximum atomic E-state index is 11.3. The summed E-state index contributed by atoms with van der Waals surface area (Å²) in [5.74, 6) is -0.437. The minimum absolute atomic E-state index is 0.0897. The molecular formula is C10H20N2O3. The van der Waals surface area contributed by atoms with E-state index in [1.165, 1.54) is 7.11 Å². The van der Waals surface area contributed by atoms with Gasteiger partial charge in [0.25, 0.3) is 0 Å². The Morgan fingerprint density at radius 3 is 2.67 bits per heavy atom. The molecule has 3 N–H and O–H groups in total. The summed E-state index contributed by atoms with van der Waals surface area (Å²) < 4.78 is 4.44. The van der Waals surface area contributed by atoms with Crippen molar-refractivity contribution in [3.8, 4) is 0 Å². The third-order valence-electron chi connectivity index (χ3n) is 1.99. The van der Waals surface area contributed by atoms with Crippen molar-refractivity contribution in [2.45, 2.75) is 38.6 Å². The molecule has 0 bridgehead atoms. The third-order valence-corrected chi connectivity index (χ3v) is 1.99. The largest absolute Gasteiger partial charge is 0.469 e. The fraction of sp³-hybridized carbons (Fsp3) is 0.800. The Balaban J connectivity index is 3.53. The molecule has 88 valence electrons. The Labute approximate surface area is 90.4 Å². The molecule has 1 unspecified atom stereocenters. The Hall–Kier alpha value is -1.10. The number of nitrogens with two attached hydrogens (primary N) is 1. The number of nitrogens with one attached hydrogen (secondary N) is 1. The van der Waals surface area contributed by atoms with E-state index in [-0.39, 0.29) is 24.3 Å². The van der Waals surface area contributed by atoms with Crippen molar-refractivity contribution in [1.82, 2.24) is 5.32 Å². The minimum Gasteiger partial charge on any atom is -0.469 e. The van der Waals surface area contributed by atoms with Gasteiger partial charge in [0.15, 0.2) is 0 Å². The van der Waals surface area contributed by atoms with Crippen molar-refractivity contribution in [3.63, 3.8) is 0 Å². The number of ether oxygens (including phenoxy) is 1. The Morgan fingerprint density at radius 2 is 2.13 bits per heavy atom. The Morgan fingerprint density at radius 1 is 1.47 bits per heavy atom. The standard InChI is InChI=1S/C10H20N2O3/c1-3-4-8(11)7-9(13)12-6-5-10(14)15-2/h8H,3-7,11H2,1-2H3,(H,12,13). The van der Waals surface area contributed by atoms with E-state index in [9.17, 15) is 9.59 Å². The molecule has 1 amide bonds. The van der Waals surface area contributed by atoms with Gasteiger partial charge < -0.3 is 15.8 Å². The summed E-state index contributed by atoms with van der Waals surface area (Å²) in [7, 11) is 1.32. The molecule has 5 nitrogen and oxygen atoms in total. The fourth-order valence-electron chi connectivity index (χ4n) is 1.19. The second-order valence-corrected chi connectivity index (χ2v) is 3.43. The number of hydrogen-bond donors (Lipinski definition) is 2. The van der Waals surface area contributed by atoms with E-state index in [0.717, 1.165) is 12.8 Å².